The molecule has 0 aliphatic heterocycles. The summed E-state index contributed by atoms with van der Waals surface area (Å²) in [5.41, 5.74) is 1.51. The minimum absolute atomic E-state index is 0. The number of benzene rings is 2. The molecule has 0 aliphatic rings. The minimum Gasteiger partial charge on any atom is -1.00 e. The SMILES string of the molecule is CCCOc1ccc(PC(=O)c2c(C)cccc2Cl)c(OCCC)c1.[H-].[Li+]. The van der Waals surface area contributed by atoms with Gasteiger partial charge in [-0.25, -0.2) is 0 Å². The first-order chi connectivity index (χ1) is 12.1. The molecule has 6 heteroatoms. The Morgan fingerprint density at radius 2 is 1.81 bits per heavy atom. The maximum Gasteiger partial charge on any atom is 1.00 e. The van der Waals surface area contributed by atoms with E-state index in [2.05, 4.69) is 13.8 Å². The van der Waals surface area contributed by atoms with Crippen molar-refractivity contribution in [2.45, 2.75) is 33.6 Å². The number of carbonyl (C=O) groups is 1. The monoisotopic (exact) mass is 386 g/mol. The molecule has 0 aromatic heterocycles. The molecule has 1 unspecified atom stereocenters. The number of hydrogen-bond acceptors (Lipinski definition) is 3. The number of halogens is 1. The van der Waals surface area contributed by atoms with Crippen LogP contribution in [0.1, 0.15) is 44.0 Å². The fourth-order valence-electron chi connectivity index (χ4n) is 2.35. The van der Waals surface area contributed by atoms with Crippen LogP contribution in [-0.2, 0) is 0 Å². The van der Waals surface area contributed by atoms with Crippen molar-refractivity contribution in [1.29, 1.82) is 0 Å². The van der Waals surface area contributed by atoms with Crippen molar-refractivity contribution in [3.05, 3.63) is 52.5 Å². The third-order valence-electron chi connectivity index (χ3n) is 3.58. The van der Waals surface area contributed by atoms with Crippen LogP contribution in [0.15, 0.2) is 36.4 Å². The molecular formula is C20H25ClLiO3P. The van der Waals surface area contributed by atoms with Gasteiger partial charge >= 0.3 is 18.9 Å². The molecule has 0 saturated heterocycles. The predicted octanol–water partition coefficient (Wildman–Crippen LogP) is 2.49. The van der Waals surface area contributed by atoms with Crippen LogP contribution in [-0.4, -0.2) is 18.7 Å². The number of aryl methyl sites for hydroxylation is 1. The van der Waals surface area contributed by atoms with Crippen molar-refractivity contribution in [3.63, 3.8) is 0 Å². The number of hydrogen-bond donors (Lipinski definition) is 0. The van der Waals surface area contributed by atoms with E-state index in [4.69, 9.17) is 21.1 Å². The summed E-state index contributed by atoms with van der Waals surface area (Å²) in [4.78, 5) is 12.8. The zero-order valence-electron chi connectivity index (χ0n) is 16.9. The largest absolute Gasteiger partial charge is 1.00 e. The van der Waals surface area contributed by atoms with Crippen LogP contribution in [0.3, 0.4) is 0 Å². The second-order valence-corrected chi connectivity index (χ2v) is 7.39. The third-order valence-corrected chi connectivity index (χ3v) is 5.06. The van der Waals surface area contributed by atoms with E-state index in [1.54, 1.807) is 6.07 Å². The Morgan fingerprint density at radius 3 is 2.46 bits per heavy atom. The Balaban J connectivity index is 0.00000338. The fraction of sp³-hybridized carbons (Fsp3) is 0.350. The van der Waals surface area contributed by atoms with Crippen LogP contribution in [0.4, 0.5) is 0 Å². The molecule has 136 valence electrons. The molecule has 2 aromatic rings. The first-order valence-electron chi connectivity index (χ1n) is 8.52. The van der Waals surface area contributed by atoms with Gasteiger partial charge in [0.05, 0.1) is 18.2 Å². The van der Waals surface area contributed by atoms with Gasteiger partial charge in [-0.2, -0.15) is 0 Å². The summed E-state index contributed by atoms with van der Waals surface area (Å²) in [5.74, 6) is 1.48. The van der Waals surface area contributed by atoms with Crippen LogP contribution in [0.5, 0.6) is 11.5 Å². The molecule has 0 saturated carbocycles. The van der Waals surface area contributed by atoms with Crippen LogP contribution >= 0.6 is 20.2 Å². The van der Waals surface area contributed by atoms with Crippen LogP contribution in [0.2, 0.25) is 5.02 Å². The quantitative estimate of drug-likeness (QED) is 0.490. The summed E-state index contributed by atoms with van der Waals surface area (Å²) in [7, 11) is -0.0466. The zero-order chi connectivity index (χ0) is 18.2. The Kier molecular flexibility index (Phi) is 10.4. The second kappa shape index (κ2) is 11.7. The Labute approximate surface area is 176 Å². The first kappa shape index (κ1) is 23.1. The molecule has 0 heterocycles. The average Bonchev–Trinajstić information content (AvgIpc) is 2.59. The van der Waals surface area contributed by atoms with E-state index >= 15 is 0 Å². The standard InChI is InChI=1S/C20H24ClO3P.Li.H/c1-4-11-23-15-9-10-18(17(13-15)24-12-5-2)25-20(22)19-14(3)7-6-8-16(19)21;;/h6-10,13,25H,4-5,11-12H2,1-3H3;;/q;+1;-1. The van der Waals surface area contributed by atoms with E-state index in [-0.39, 0.29) is 34.4 Å². The van der Waals surface area contributed by atoms with Gasteiger partial charge in [0.15, 0.2) is 5.52 Å². The molecule has 0 bridgehead atoms. The molecule has 3 nitrogen and oxygen atoms in total. The topological polar surface area (TPSA) is 35.5 Å². The summed E-state index contributed by atoms with van der Waals surface area (Å²) in [5, 5.41) is 1.37. The molecule has 26 heavy (non-hydrogen) atoms. The number of ether oxygens (including phenoxy) is 2. The molecule has 0 fully saturated rings. The molecule has 1 atom stereocenters. The predicted molar refractivity (Wildman–Crippen MR) is 108 cm³/mol. The summed E-state index contributed by atoms with van der Waals surface area (Å²) >= 11 is 6.23. The Bertz CT molecular complexity index is 723. The van der Waals surface area contributed by atoms with E-state index in [1.807, 2.05) is 37.3 Å². The van der Waals surface area contributed by atoms with Gasteiger partial charge in [0, 0.05) is 16.9 Å². The smallest absolute Gasteiger partial charge is 1.00 e. The first-order valence-corrected chi connectivity index (χ1v) is 9.90. The van der Waals surface area contributed by atoms with Crippen LogP contribution in [0.25, 0.3) is 0 Å². The van der Waals surface area contributed by atoms with Crippen molar-refractivity contribution in [3.8, 4) is 11.5 Å². The fourth-order valence-corrected chi connectivity index (χ4v) is 3.87. The molecule has 0 N–H and O–H groups in total. The summed E-state index contributed by atoms with van der Waals surface area (Å²) in [6.07, 6.45) is 1.85. The Morgan fingerprint density at radius 1 is 1.12 bits per heavy atom. The molecular weight excluding hydrogens is 362 g/mol. The maximum absolute atomic E-state index is 12.8. The molecule has 0 amide bonds. The normalized spacial score (nSPS) is 10.6. The average molecular weight is 387 g/mol. The van der Waals surface area contributed by atoms with Crippen LogP contribution < -0.4 is 33.6 Å². The maximum atomic E-state index is 12.8. The van der Waals surface area contributed by atoms with Gasteiger partial charge in [-0.15, -0.1) is 0 Å². The van der Waals surface area contributed by atoms with E-state index in [0.717, 1.165) is 29.5 Å². The molecule has 0 spiro atoms. The summed E-state index contributed by atoms with van der Waals surface area (Å²) in [6, 6.07) is 11.2. The molecule has 2 rings (SSSR count). The Hall–Kier alpha value is -0.973. The molecule has 2 aromatic carbocycles. The van der Waals surface area contributed by atoms with E-state index < -0.39 is 0 Å². The van der Waals surface area contributed by atoms with Gasteiger partial charge in [0.25, 0.3) is 0 Å². The third kappa shape index (κ3) is 6.33. The van der Waals surface area contributed by atoms with Gasteiger partial charge < -0.3 is 10.9 Å². The summed E-state index contributed by atoms with van der Waals surface area (Å²) < 4.78 is 11.5. The van der Waals surface area contributed by atoms with Crippen molar-refractivity contribution in [2.75, 3.05) is 13.2 Å². The molecule has 0 aliphatic carbocycles. The van der Waals surface area contributed by atoms with Crippen molar-refractivity contribution in [1.82, 2.24) is 0 Å². The van der Waals surface area contributed by atoms with Gasteiger partial charge in [0.1, 0.15) is 11.5 Å². The number of rotatable bonds is 9. The van der Waals surface area contributed by atoms with Gasteiger partial charge in [-0.05, 0) is 52.1 Å². The van der Waals surface area contributed by atoms with Gasteiger partial charge in [-0.1, -0.05) is 37.6 Å². The zero-order valence-corrected chi connectivity index (χ0v) is 17.7. The van der Waals surface area contributed by atoms with Gasteiger partial charge in [0.2, 0.25) is 0 Å². The van der Waals surface area contributed by atoms with Crippen LogP contribution in [0, 0.1) is 6.92 Å². The van der Waals surface area contributed by atoms with Crippen molar-refractivity contribution >= 4 is 31.0 Å². The van der Waals surface area contributed by atoms with Gasteiger partial charge in [-0.3, -0.25) is 4.79 Å². The number of carbonyl (C=O) groups excluding carboxylic acids is 1. The van der Waals surface area contributed by atoms with E-state index in [0.29, 0.717) is 29.5 Å². The minimum atomic E-state index is -0.0466. The van der Waals surface area contributed by atoms with Crippen molar-refractivity contribution < 1.29 is 34.6 Å². The van der Waals surface area contributed by atoms with E-state index in [9.17, 15) is 4.79 Å². The van der Waals surface area contributed by atoms with Crippen molar-refractivity contribution in [2.24, 2.45) is 0 Å². The summed E-state index contributed by atoms with van der Waals surface area (Å²) in [6.45, 7) is 7.28. The van der Waals surface area contributed by atoms with E-state index in [1.165, 1.54) is 0 Å². The second-order valence-electron chi connectivity index (χ2n) is 5.74. The molecule has 0 radical (unpaired) electrons.